The van der Waals surface area contributed by atoms with Crippen LogP contribution >= 0.6 is 0 Å². The summed E-state index contributed by atoms with van der Waals surface area (Å²) >= 11 is 0. The minimum Gasteiger partial charge on any atom is -0.379 e. The zero-order valence-electron chi connectivity index (χ0n) is 22.2. The van der Waals surface area contributed by atoms with E-state index in [2.05, 4.69) is 94.1 Å². The molecule has 1 heterocycles. The second-order valence-electron chi connectivity index (χ2n) is 9.96. The average molecular weight is 513 g/mol. The Morgan fingerprint density at radius 1 is 0.368 bits per heavy atom. The van der Waals surface area contributed by atoms with Gasteiger partial charge in [0, 0.05) is 52.4 Å². The molecule has 4 aromatic carbocycles. The Balaban J connectivity index is 1.17. The van der Waals surface area contributed by atoms with Crippen LogP contribution in [-0.2, 0) is 35.7 Å². The molecule has 0 amide bonds. The van der Waals surface area contributed by atoms with Crippen LogP contribution in [0.1, 0.15) is 22.3 Å². The molecule has 0 unspecified atom stereocenters. The summed E-state index contributed by atoms with van der Waals surface area (Å²) in [6.45, 7) is 9.57. The highest BCUT2D eigenvalue weighted by molar-refractivity contribution is 5.84. The Bertz CT molecular complexity index is 1120. The highest BCUT2D eigenvalue weighted by Crippen LogP contribution is 2.19. The average Bonchev–Trinajstić information content (AvgIpc) is 2.94. The smallest absolute Gasteiger partial charge is 0.0591 e. The molecule has 4 N–H and O–H groups in total. The van der Waals surface area contributed by atoms with Crippen LogP contribution < -0.4 is 21.3 Å². The van der Waals surface area contributed by atoms with E-state index in [1.165, 1.54) is 43.8 Å². The molecule has 6 heteroatoms. The summed E-state index contributed by atoms with van der Waals surface area (Å²) in [4.78, 5) is 0. The van der Waals surface area contributed by atoms with Gasteiger partial charge in [-0.2, -0.15) is 0 Å². The first-order valence-electron chi connectivity index (χ1n) is 13.8. The predicted octanol–water partition coefficient (Wildman–Crippen LogP) is 4.10. The molecule has 38 heavy (non-hydrogen) atoms. The summed E-state index contributed by atoms with van der Waals surface area (Å²) in [5.74, 6) is 0. The van der Waals surface area contributed by atoms with E-state index in [0.29, 0.717) is 26.4 Å². The lowest BCUT2D eigenvalue weighted by atomic mass is 10.0. The van der Waals surface area contributed by atoms with Gasteiger partial charge in [0.25, 0.3) is 0 Å². The van der Waals surface area contributed by atoms with Crippen molar-refractivity contribution in [2.24, 2.45) is 0 Å². The minimum atomic E-state index is 0.710. The lowest BCUT2D eigenvalue weighted by Crippen LogP contribution is -2.23. The molecule has 200 valence electrons. The summed E-state index contributed by atoms with van der Waals surface area (Å²) in [7, 11) is 0. The van der Waals surface area contributed by atoms with Crippen LogP contribution in [0.2, 0.25) is 0 Å². The lowest BCUT2D eigenvalue weighted by Gasteiger charge is -2.11. The van der Waals surface area contributed by atoms with Crippen LogP contribution in [-0.4, -0.2) is 52.6 Å². The number of benzene rings is 4. The Hall–Kier alpha value is -2.84. The van der Waals surface area contributed by atoms with Gasteiger partial charge in [-0.25, -0.2) is 0 Å². The van der Waals surface area contributed by atoms with Crippen molar-refractivity contribution in [3.05, 3.63) is 95.1 Å². The SMILES string of the molecule is c1cc2ccc3cc2cc1CNCCOCCNCc1ccc2ccc(cc2c1)CNCCOCCNC3. The molecule has 1 aliphatic rings. The number of rotatable bonds is 0. The monoisotopic (exact) mass is 512 g/mol. The molecule has 0 spiro atoms. The van der Waals surface area contributed by atoms with E-state index in [4.69, 9.17) is 9.47 Å². The maximum absolute atomic E-state index is 5.82. The van der Waals surface area contributed by atoms with Crippen molar-refractivity contribution in [3.8, 4) is 0 Å². The largest absolute Gasteiger partial charge is 0.379 e. The van der Waals surface area contributed by atoms with Gasteiger partial charge in [-0.15, -0.1) is 0 Å². The predicted molar refractivity (Wildman–Crippen MR) is 156 cm³/mol. The highest BCUT2D eigenvalue weighted by Gasteiger charge is 2.02. The molecule has 0 fully saturated rings. The number of ether oxygens (including phenoxy) is 2. The molecule has 0 saturated carbocycles. The van der Waals surface area contributed by atoms with Crippen molar-refractivity contribution in [1.82, 2.24) is 21.3 Å². The van der Waals surface area contributed by atoms with E-state index in [9.17, 15) is 0 Å². The van der Waals surface area contributed by atoms with Crippen molar-refractivity contribution >= 4 is 21.5 Å². The second-order valence-corrected chi connectivity index (χ2v) is 9.96. The fourth-order valence-corrected chi connectivity index (χ4v) is 4.84. The molecule has 5 rings (SSSR count). The van der Waals surface area contributed by atoms with Gasteiger partial charge in [-0.05, 0) is 68.1 Å². The molecule has 0 radical (unpaired) electrons. The molecule has 6 bridgehead atoms. The number of fused-ring (bicyclic) bond motifs is 4. The summed E-state index contributed by atoms with van der Waals surface area (Å²) < 4.78 is 11.6. The van der Waals surface area contributed by atoms with E-state index >= 15 is 0 Å². The van der Waals surface area contributed by atoms with Gasteiger partial charge >= 0.3 is 0 Å². The minimum absolute atomic E-state index is 0.710. The van der Waals surface area contributed by atoms with Gasteiger partial charge in [0.1, 0.15) is 0 Å². The van der Waals surface area contributed by atoms with Crippen molar-refractivity contribution in [1.29, 1.82) is 0 Å². The van der Waals surface area contributed by atoms with Crippen LogP contribution in [0.4, 0.5) is 0 Å². The van der Waals surface area contributed by atoms with Gasteiger partial charge in [0.2, 0.25) is 0 Å². The Morgan fingerprint density at radius 3 is 0.947 bits per heavy atom. The molecule has 6 nitrogen and oxygen atoms in total. The van der Waals surface area contributed by atoms with E-state index < -0.39 is 0 Å². The van der Waals surface area contributed by atoms with Crippen molar-refractivity contribution in [3.63, 3.8) is 0 Å². The molecular formula is C32H40N4O2. The van der Waals surface area contributed by atoms with Gasteiger partial charge in [0.05, 0.1) is 26.4 Å². The molecule has 0 aliphatic carbocycles. The topological polar surface area (TPSA) is 66.6 Å². The molecule has 0 saturated heterocycles. The quantitative estimate of drug-likeness (QED) is 0.285. The summed E-state index contributed by atoms with van der Waals surface area (Å²) in [6.07, 6.45) is 0. The maximum atomic E-state index is 5.82. The normalized spacial score (nSPS) is 17.7. The molecular weight excluding hydrogens is 472 g/mol. The lowest BCUT2D eigenvalue weighted by molar-refractivity contribution is 0.137. The Morgan fingerprint density at radius 2 is 0.658 bits per heavy atom. The third-order valence-corrected chi connectivity index (χ3v) is 6.95. The van der Waals surface area contributed by atoms with Crippen molar-refractivity contribution in [2.75, 3.05) is 52.6 Å². The fraction of sp³-hybridized carbons (Fsp3) is 0.375. The fourth-order valence-electron chi connectivity index (χ4n) is 4.84. The van der Waals surface area contributed by atoms with Gasteiger partial charge in [-0.1, -0.05) is 48.5 Å². The second kappa shape index (κ2) is 14.4. The summed E-state index contributed by atoms with van der Waals surface area (Å²) in [5.41, 5.74) is 5.17. The first kappa shape index (κ1) is 26.8. The standard InChI is InChI=1S/C32H40N4O2/c1-5-29-6-2-26-18-31(29)17-25(1)21-33-9-13-37-14-10-35-23-27-3-7-30-8-4-28(20-32(30)19-27)24-36-12-16-38-15-11-34-22-26/h1-8,17-20,33-36H,9-16,21-24H2. The van der Waals surface area contributed by atoms with Crippen LogP contribution in [0.25, 0.3) is 21.5 Å². The highest BCUT2D eigenvalue weighted by atomic mass is 16.5. The van der Waals surface area contributed by atoms with E-state index in [1.807, 2.05) is 0 Å². The van der Waals surface area contributed by atoms with Gasteiger partial charge in [-0.3, -0.25) is 0 Å². The third-order valence-electron chi connectivity index (χ3n) is 6.95. The molecule has 4 aromatic rings. The van der Waals surface area contributed by atoms with E-state index in [0.717, 1.165) is 52.4 Å². The molecule has 1 aliphatic heterocycles. The zero-order valence-corrected chi connectivity index (χ0v) is 22.2. The number of hydrogen-bond donors (Lipinski definition) is 4. The first-order chi connectivity index (χ1) is 18.8. The van der Waals surface area contributed by atoms with E-state index in [-0.39, 0.29) is 0 Å². The first-order valence-corrected chi connectivity index (χ1v) is 13.8. The van der Waals surface area contributed by atoms with Crippen LogP contribution in [0.15, 0.2) is 72.8 Å². The van der Waals surface area contributed by atoms with Gasteiger partial charge in [0.15, 0.2) is 0 Å². The third kappa shape index (κ3) is 8.08. The van der Waals surface area contributed by atoms with Crippen molar-refractivity contribution < 1.29 is 9.47 Å². The zero-order chi connectivity index (χ0) is 25.8. The van der Waals surface area contributed by atoms with Crippen molar-refractivity contribution in [2.45, 2.75) is 26.2 Å². The number of hydrogen-bond acceptors (Lipinski definition) is 6. The van der Waals surface area contributed by atoms with Crippen LogP contribution in [0, 0.1) is 0 Å². The van der Waals surface area contributed by atoms with Gasteiger partial charge < -0.3 is 30.7 Å². The van der Waals surface area contributed by atoms with Crippen LogP contribution in [0.5, 0.6) is 0 Å². The summed E-state index contributed by atoms with van der Waals surface area (Å²) in [6, 6.07) is 26.8. The van der Waals surface area contributed by atoms with Crippen LogP contribution in [0.3, 0.4) is 0 Å². The molecule has 0 atom stereocenters. The number of nitrogens with one attached hydrogen (secondary N) is 4. The summed E-state index contributed by atoms with van der Waals surface area (Å²) in [5, 5.41) is 19.1. The Labute approximate surface area is 226 Å². The van der Waals surface area contributed by atoms with E-state index in [1.54, 1.807) is 0 Å². The Kier molecular flexibility index (Phi) is 10.1. The molecule has 0 aromatic heterocycles. The maximum Gasteiger partial charge on any atom is 0.0591 e.